The lowest BCUT2D eigenvalue weighted by atomic mass is 10.3. The van der Waals surface area contributed by atoms with Gasteiger partial charge in [0, 0.05) is 27.8 Å². The van der Waals surface area contributed by atoms with Crippen molar-refractivity contribution in [2.45, 2.75) is 6.42 Å². The number of carbonyl (C=O) groups is 1. The number of ketones is 1. The summed E-state index contributed by atoms with van der Waals surface area (Å²) in [5.41, 5.74) is 0. The molecular weight excluding hydrogens is 195 g/mol. The fourth-order valence-electron chi connectivity index (χ4n) is 0.715. The summed E-state index contributed by atoms with van der Waals surface area (Å²) in [5, 5.41) is 0. The molecule has 5 nitrogen and oxygen atoms in total. The summed E-state index contributed by atoms with van der Waals surface area (Å²) >= 11 is 0. The third-order valence-electron chi connectivity index (χ3n) is 1.51. The molecule has 0 atom stereocenters. The lowest BCUT2D eigenvalue weighted by molar-refractivity contribution is -0.117. The molecule has 0 aliphatic heterocycles. The molecule has 0 aromatic rings. The van der Waals surface area contributed by atoms with E-state index in [0.29, 0.717) is 6.61 Å². The molecule has 0 fully saturated rings. The van der Waals surface area contributed by atoms with Gasteiger partial charge in [-0.15, -0.1) is 0 Å². The Bertz CT molecular complexity index is 195. The van der Waals surface area contributed by atoms with Crippen LogP contribution in [0, 0.1) is 0 Å². The minimum Gasteiger partial charge on any atom is -0.384 e. The molecule has 0 N–H and O–H groups in total. The maximum atomic E-state index is 11.4. The average molecular weight is 210 g/mol. The van der Waals surface area contributed by atoms with Gasteiger partial charge in [-0.1, -0.05) is 0 Å². The zero-order valence-corrected chi connectivity index (χ0v) is 9.00. The molecule has 6 heteroatoms. The van der Waals surface area contributed by atoms with Gasteiger partial charge in [0.1, 0.15) is 11.9 Å². The van der Waals surface area contributed by atoms with Gasteiger partial charge >= 0.3 is 7.60 Å². The number of hydrogen-bond acceptors (Lipinski definition) is 5. The van der Waals surface area contributed by atoms with E-state index in [1.807, 2.05) is 0 Å². The van der Waals surface area contributed by atoms with Crippen molar-refractivity contribution in [3.05, 3.63) is 0 Å². The summed E-state index contributed by atoms with van der Waals surface area (Å²) < 4.78 is 25.3. The van der Waals surface area contributed by atoms with Gasteiger partial charge in [0.15, 0.2) is 0 Å². The van der Waals surface area contributed by atoms with E-state index in [0.717, 1.165) is 0 Å². The molecule has 0 spiro atoms. The van der Waals surface area contributed by atoms with Crippen molar-refractivity contribution in [3.8, 4) is 0 Å². The fourth-order valence-corrected chi connectivity index (χ4v) is 1.71. The van der Waals surface area contributed by atoms with Gasteiger partial charge < -0.3 is 13.8 Å². The molecular formula is C7H15O5P. The Hall–Kier alpha value is -0.220. The van der Waals surface area contributed by atoms with Crippen LogP contribution in [0.2, 0.25) is 0 Å². The summed E-state index contributed by atoms with van der Waals surface area (Å²) in [5.74, 6) is -0.186. The second-order valence-corrected chi connectivity index (χ2v) is 4.68. The predicted octanol–water partition coefficient (Wildman–Crippen LogP) is 1.08. The average Bonchev–Trinajstić information content (AvgIpc) is 2.14. The number of carbonyl (C=O) groups excluding carboxylic acids is 1. The van der Waals surface area contributed by atoms with E-state index in [9.17, 15) is 9.36 Å². The van der Waals surface area contributed by atoms with E-state index < -0.39 is 7.60 Å². The second-order valence-electron chi connectivity index (χ2n) is 2.42. The zero-order chi connectivity index (χ0) is 10.3. The maximum Gasteiger partial charge on any atom is 0.337 e. The number of rotatable bonds is 7. The summed E-state index contributed by atoms with van der Waals surface area (Å²) in [4.78, 5) is 11.1. The molecule has 0 amide bonds. The van der Waals surface area contributed by atoms with Crippen molar-refractivity contribution in [3.63, 3.8) is 0 Å². The van der Waals surface area contributed by atoms with Crippen LogP contribution in [0.5, 0.6) is 0 Å². The molecule has 0 aromatic heterocycles. The van der Waals surface area contributed by atoms with Gasteiger partial charge in [-0.25, -0.2) is 0 Å². The topological polar surface area (TPSA) is 61.8 Å². The smallest absolute Gasteiger partial charge is 0.337 e. The Kier molecular flexibility index (Phi) is 6.16. The molecule has 0 saturated carbocycles. The van der Waals surface area contributed by atoms with Gasteiger partial charge in [0.25, 0.3) is 0 Å². The SMILES string of the molecule is COCCC(=O)CP(=O)(OC)OC. The highest BCUT2D eigenvalue weighted by molar-refractivity contribution is 7.54. The summed E-state index contributed by atoms with van der Waals surface area (Å²) in [6, 6.07) is 0. The van der Waals surface area contributed by atoms with E-state index in [4.69, 9.17) is 4.74 Å². The number of Topliss-reactive ketones (excluding diaryl/α,β-unsaturated/α-hetero) is 1. The van der Waals surface area contributed by atoms with Crippen molar-refractivity contribution in [2.24, 2.45) is 0 Å². The molecule has 0 saturated heterocycles. The molecule has 0 aliphatic rings. The lowest BCUT2D eigenvalue weighted by Crippen LogP contribution is -2.10. The van der Waals surface area contributed by atoms with Crippen LogP contribution in [-0.2, 0) is 23.1 Å². The summed E-state index contributed by atoms with van der Waals surface area (Å²) in [6.45, 7) is 0.326. The molecule has 0 radical (unpaired) electrons. The Labute approximate surface area is 77.9 Å². The minimum absolute atomic E-state index is 0.186. The number of hydrogen-bond donors (Lipinski definition) is 0. The van der Waals surface area contributed by atoms with E-state index >= 15 is 0 Å². The Morgan fingerprint density at radius 2 is 1.77 bits per heavy atom. The van der Waals surface area contributed by atoms with E-state index in [2.05, 4.69) is 9.05 Å². The van der Waals surface area contributed by atoms with Gasteiger partial charge in [-0.3, -0.25) is 9.36 Å². The second kappa shape index (κ2) is 6.27. The van der Waals surface area contributed by atoms with Crippen LogP contribution in [-0.4, -0.2) is 39.9 Å². The number of ether oxygens (including phenoxy) is 1. The van der Waals surface area contributed by atoms with Crippen molar-refractivity contribution >= 4 is 13.4 Å². The predicted molar refractivity (Wildman–Crippen MR) is 48.0 cm³/mol. The largest absolute Gasteiger partial charge is 0.384 e. The first-order valence-corrected chi connectivity index (χ1v) is 5.52. The highest BCUT2D eigenvalue weighted by atomic mass is 31.2. The van der Waals surface area contributed by atoms with Crippen LogP contribution in [0.3, 0.4) is 0 Å². The lowest BCUT2D eigenvalue weighted by Gasteiger charge is -2.11. The summed E-state index contributed by atoms with van der Waals surface area (Å²) in [6.07, 6.45) is 0.0383. The quantitative estimate of drug-likeness (QED) is 0.588. The van der Waals surface area contributed by atoms with Gasteiger partial charge in [0.2, 0.25) is 0 Å². The van der Waals surface area contributed by atoms with Crippen LogP contribution in [0.4, 0.5) is 0 Å². The van der Waals surface area contributed by atoms with Gasteiger partial charge in [0.05, 0.1) is 6.61 Å². The molecule has 0 unspecified atom stereocenters. The Morgan fingerprint density at radius 3 is 2.15 bits per heavy atom. The Balaban J connectivity index is 3.95. The third-order valence-corrected chi connectivity index (χ3v) is 3.36. The van der Waals surface area contributed by atoms with Crippen molar-refractivity contribution < 1.29 is 23.1 Å². The van der Waals surface area contributed by atoms with E-state index in [-0.39, 0.29) is 18.4 Å². The molecule has 0 rings (SSSR count). The summed E-state index contributed by atoms with van der Waals surface area (Å²) in [7, 11) is 0.833. The highest BCUT2D eigenvalue weighted by Crippen LogP contribution is 2.46. The first kappa shape index (κ1) is 12.8. The maximum absolute atomic E-state index is 11.4. The van der Waals surface area contributed by atoms with Crippen molar-refractivity contribution in [1.29, 1.82) is 0 Å². The normalized spacial score (nSPS) is 11.6. The molecule has 13 heavy (non-hydrogen) atoms. The van der Waals surface area contributed by atoms with Crippen LogP contribution >= 0.6 is 7.60 Å². The number of methoxy groups -OCH3 is 1. The van der Waals surface area contributed by atoms with Crippen LogP contribution < -0.4 is 0 Å². The van der Waals surface area contributed by atoms with Crippen LogP contribution in [0.25, 0.3) is 0 Å². The standard InChI is InChI=1S/C7H15O5P/c1-10-5-4-7(8)6-13(9,11-2)12-3/h4-6H2,1-3H3. The highest BCUT2D eigenvalue weighted by Gasteiger charge is 2.24. The van der Waals surface area contributed by atoms with Crippen molar-refractivity contribution in [2.75, 3.05) is 34.1 Å². The van der Waals surface area contributed by atoms with Crippen LogP contribution in [0.1, 0.15) is 6.42 Å². The van der Waals surface area contributed by atoms with Crippen molar-refractivity contribution in [1.82, 2.24) is 0 Å². The van der Waals surface area contributed by atoms with E-state index in [1.54, 1.807) is 0 Å². The minimum atomic E-state index is -3.18. The fraction of sp³-hybridized carbons (Fsp3) is 0.857. The Morgan fingerprint density at radius 1 is 1.23 bits per heavy atom. The first-order chi connectivity index (χ1) is 6.08. The van der Waals surface area contributed by atoms with E-state index in [1.165, 1.54) is 21.3 Å². The van der Waals surface area contributed by atoms with Gasteiger partial charge in [-0.2, -0.15) is 0 Å². The van der Waals surface area contributed by atoms with Gasteiger partial charge in [-0.05, 0) is 0 Å². The van der Waals surface area contributed by atoms with Crippen LogP contribution in [0.15, 0.2) is 0 Å². The zero-order valence-electron chi connectivity index (χ0n) is 8.11. The molecule has 0 aromatic carbocycles. The third kappa shape index (κ3) is 5.16. The molecule has 0 aliphatic carbocycles. The molecule has 0 heterocycles. The molecule has 78 valence electrons. The monoisotopic (exact) mass is 210 g/mol. The molecule has 0 bridgehead atoms. The first-order valence-electron chi connectivity index (χ1n) is 3.79.